The van der Waals surface area contributed by atoms with E-state index >= 15 is 0 Å². The number of aryl methyl sites for hydroxylation is 2. The number of aromatic hydroxyl groups is 1. The van der Waals surface area contributed by atoms with E-state index in [9.17, 15) is 43.5 Å². The van der Waals surface area contributed by atoms with E-state index in [2.05, 4.69) is 26.3 Å². The SMILES string of the molecule is Cc1cc(O)cc(C)c1C[C@H](CC(=O)C(CCCN=C(CC(=O)OCc1ccccc1)NC(=O)OCc1ccccc1)NC(=O)OCc1ccccc1)C(=O)N[C@@H](CCCCNC(=O)OCc1ccccc1)C(=O)CC(Cc1ccccc1)C(N)=O. The zero-order valence-corrected chi connectivity index (χ0v) is 48.6. The molecule has 0 aromatic heterocycles. The number of alkyl carbamates (subject to hydrolysis) is 3. The number of Topliss-reactive ketones (excluding diaryl/α,β-unsaturated/α-hetero) is 2. The predicted octanol–water partition coefficient (Wildman–Crippen LogP) is 9.55. The molecule has 0 bridgehead atoms. The number of ether oxygens (including phenoxy) is 4. The van der Waals surface area contributed by atoms with Crippen LogP contribution in [0.5, 0.6) is 5.75 Å². The van der Waals surface area contributed by atoms with E-state index in [0.29, 0.717) is 35.1 Å². The van der Waals surface area contributed by atoms with E-state index in [1.165, 1.54) is 12.1 Å². The number of carbonyl (C=O) groups is 8. The molecule has 0 radical (unpaired) electrons. The number of amides is 5. The summed E-state index contributed by atoms with van der Waals surface area (Å²) in [7, 11) is 0. The van der Waals surface area contributed by atoms with Crippen molar-refractivity contribution < 1.29 is 62.4 Å². The smallest absolute Gasteiger partial charge is 0.412 e. The first-order valence-corrected chi connectivity index (χ1v) is 28.7. The number of hydrogen-bond donors (Lipinski definition) is 6. The molecule has 6 aromatic carbocycles. The van der Waals surface area contributed by atoms with Gasteiger partial charge in [0.15, 0.2) is 11.6 Å². The number of rotatable bonds is 33. The number of nitrogens with zero attached hydrogens (tertiary/aromatic N) is 1. The molecule has 7 N–H and O–H groups in total. The molecule has 0 spiro atoms. The molecule has 5 amide bonds. The van der Waals surface area contributed by atoms with Gasteiger partial charge >= 0.3 is 24.2 Å². The van der Waals surface area contributed by atoms with Crippen LogP contribution in [0.1, 0.15) is 95.9 Å². The standard InChI is InChI=1S/C67H76N6O13/c1-46-35-55(74)36-47(2)56(46)38-54(64(79)71-57(59(75)39-53(63(68)78)37-48-21-8-3-9-22-48)31-18-19-33-70-65(80)84-43-50-25-12-5-13-26-50)40-60(76)58(72-66(81)85-44-51-27-14-6-15-28-51)32-20-34-69-61(41-62(77)83-42-49-23-10-4-11-24-49)73-67(82)86-45-52-29-16-7-17-30-52/h3-17,21-30,35-36,53-54,57-58,74H,18-20,31-34,37-45H2,1-2H3,(H2,68,78)(H,70,80)(H,71,79)(H,72,81)(H,69,73,82)/t53?,54-,57+,58?/m1/s1. The van der Waals surface area contributed by atoms with Crippen LogP contribution in [0.15, 0.2) is 169 Å². The molecule has 86 heavy (non-hydrogen) atoms. The Hall–Kier alpha value is -9.65. The molecule has 0 fully saturated rings. The highest BCUT2D eigenvalue weighted by atomic mass is 16.6. The first-order chi connectivity index (χ1) is 41.6. The first-order valence-electron chi connectivity index (χ1n) is 28.7. The fourth-order valence-electron chi connectivity index (χ4n) is 9.45. The van der Waals surface area contributed by atoms with Crippen molar-refractivity contribution in [2.24, 2.45) is 22.6 Å². The van der Waals surface area contributed by atoms with E-state index in [1.54, 1.807) is 86.6 Å². The van der Waals surface area contributed by atoms with Crippen LogP contribution in [-0.2, 0) is 82.2 Å². The summed E-state index contributed by atoms with van der Waals surface area (Å²) in [4.78, 5) is 114. The molecule has 0 aliphatic rings. The molecule has 0 aliphatic carbocycles. The van der Waals surface area contributed by atoms with Crippen molar-refractivity contribution in [1.82, 2.24) is 21.3 Å². The molecule has 0 heterocycles. The Balaban J connectivity index is 1.22. The van der Waals surface area contributed by atoms with Gasteiger partial charge < -0.3 is 45.7 Å². The number of nitrogens with one attached hydrogen (secondary N) is 4. The Morgan fingerprint density at radius 1 is 0.512 bits per heavy atom. The molecule has 0 saturated heterocycles. The third-order valence-corrected chi connectivity index (χ3v) is 14.1. The summed E-state index contributed by atoms with van der Waals surface area (Å²) in [5.41, 5.74) is 11.6. The first kappa shape index (κ1) is 65.5. The quantitative estimate of drug-likeness (QED) is 0.00737. The van der Waals surface area contributed by atoms with Crippen molar-refractivity contribution in [3.63, 3.8) is 0 Å². The van der Waals surface area contributed by atoms with Crippen molar-refractivity contribution in [3.05, 3.63) is 208 Å². The second kappa shape index (κ2) is 35.5. The molecule has 4 atom stereocenters. The van der Waals surface area contributed by atoms with Gasteiger partial charge in [0, 0.05) is 37.8 Å². The number of ketones is 2. The second-order valence-electron chi connectivity index (χ2n) is 20.9. The number of amidine groups is 1. The van der Waals surface area contributed by atoms with Crippen molar-refractivity contribution in [3.8, 4) is 5.75 Å². The summed E-state index contributed by atoms with van der Waals surface area (Å²) in [5.74, 6) is -5.26. The van der Waals surface area contributed by atoms with Crippen LogP contribution in [0.2, 0.25) is 0 Å². The lowest BCUT2D eigenvalue weighted by Crippen LogP contribution is -2.47. The number of hydrogen-bond acceptors (Lipinski definition) is 14. The molecule has 19 nitrogen and oxygen atoms in total. The normalized spacial score (nSPS) is 12.5. The topological polar surface area (TPSA) is 280 Å². The number of nitrogens with two attached hydrogens (primary N) is 1. The van der Waals surface area contributed by atoms with Crippen LogP contribution >= 0.6 is 0 Å². The number of unbranched alkanes of at least 4 members (excludes halogenated alkanes) is 1. The van der Waals surface area contributed by atoms with Gasteiger partial charge in [-0.3, -0.25) is 34.3 Å². The third kappa shape index (κ3) is 23.9. The molecule has 0 aliphatic heterocycles. The lowest BCUT2D eigenvalue weighted by molar-refractivity contribution is -0.143. The van der Waals surface area contributed by atoms with Gasteiger partial charge in [-0.1, -0.05) is 152 Å². The summed E-state index contributed by atoms with van der Waals surface area (Å²) in [5, 5.41) is 21.4. The third-order valence-electron chi connectivity index (χ3n) is 14.1. The van der Waals surface area contributed by atoms with E-state index in [0.717, 1.165) is 22.3 Å². The van der Waals surface area contributed by atoms with E-state index in [4.69, 9.17) is 24.7 Å². The zero-order chi connectivity index (χ0) is 61.5. The molecule has 0 saturated carbocycles. The number of esters is 1. The minimum absolute atomic E-state index is 0.00242. The summed E-state index contributed by atoms with van der Waals surface area (Å²) < 4.78 is 21.8. The second-order valence-corrected chi connectivity index (χ2v) is 20.9. The molecular formula is C67H76N6O13. The van der Waals surface area contributed by atoms with Gasteiger partial charge in [-0.25, -0.2) is 14.4 Å². The van der Waals surface area contributed by atoms with Crippen LogP contribution in [0, 0.1) is 25.7 Å². The van der Waals surface area contributed by atoms with Gasteiger partial charge in [0.2, 0.25) is 11.8 Å². The van der Waals surface area contributed by atoms with Crippen molar-refractivity contribution >= 4 is 53.5 Å². The largest absolute Gasteiger partial charge is 0.508 e. The average Bonchev–Trinajstić information content (AvgIpc) is 3.63. The fraction of sp³-hybridized carbons (Fsp3) is 0.328. The Morgan fingerprint density at radius 3 is 1.47 bits per heavy atom. The van der Waals surface area contributed by atoms with Gasteiger partial charge in [-0.2, -0.15) is 0 Å². The average molecular weight is 1170 g/mol. The Bertz CT molecular complexity index is 3100. The number of carbonyl (C=O) groups excluding carboxylic acids is 8. The monoisotopic (exact) mass is 1170 g/mol. The summed E-state index contributed by atoms with van der Waals surface area (Å²) in [6, 6.07) is 45.8. The maximum absolute atomic E-state index is 15.0. The number of benzene rings is 6. The number of phenols is 1. The Morgan fingerprint density at radius 2 is 0.953 bits per heavy atom. The summed E-state index contributed by atoms with van der Waals surface area (Å²) >= 11 is 0. The van der Waals surface area contributed by atoms with Gasteiger partial charge in [-0.15, -0.1) is 0 Å². The van der Waals surface area contributed by atoms with Gasteiger partial charge in [0.1, 0.15) is 44.4 Å². The minimum Gasteiger partial charge on any atom is -0.508 e. The molecule has 6 rings (SSSR count). The van der Waals surface area contributed by atoms with Crippen LogP contribution in [0.3, 0.4) is 0 Å². The highest BCUT2D eigenvalue weighted by Crippen LogP contribution is 2.26. The highest BCUT2D eigenvalue weighted by molar-refractivity contribution is 6.04. The molecular weight excluding hydrogens is 1100 g/mol. The summed E-state index contributed by atoms with van der Waals surface area (Å²) in [6.07, 6.45) is -2.65. The van der Waals surface area contributed by atoms with Crippen LogP contribution in [0.4, 0.5) is 14.4 Å². The molecule has 19 heteroatoms. The zero-order valence-electron chi connectivity index (χ0n) is 48.6. The maximum atomic E-state index is 15.0. The van der Waals surface area contributed by atoms with Crippen LogP contribution in [0.25, 0.3) is 0 Å². The number of phenolic OH excluding ortho intramolecular Hbond substituents is 1. The fourth-order valence-corrected chi connectivity index (χ4v) is 9.45. The van der Waals surface area contributed by atoms with Crippen molar-refractivity contribution in [1.29, 1.82) is 0 Å². The number of aliphatic imine (C=N–C) groups is 1. The summed E-state index contributed by atoms with van der Waals surface area (Å²) in [6.45, 7) is 3.50. The minimum atomic E-state index is -1.27. The van der Waals surface area contributed by atoms with Gasteiger partial charge in [-0.05, 0) is 115 Å². The Kier molecular flexibility index (Phi) is 27.0. The van der Waals surface area contributed by atoms with Crippen LogP contribution < -0.4 is 27.0 Å². The van der Waals surface area contributed by atoms with E-state index in [-0.39, 0.29) is 89.6 Å². The molecule has 452 valence electrons. The van der Waals surface area contributed by atoms with E-state index in [1.807, 2.05) is 78.9 Å². The lowest BCUT2D eigenvalue weighted by Gasteiger charge is -2.26. The molecule has 2 unspecified atom stereocenters. The predicted molar refractivity (Wildman–Crippen MR) is 323 cm³/mol. The van der Waals surface area contributed by atoms with Gasteiger partial charge in [0.25, 0.3) is 0 Å². The highest BCUT2D eigenvalue weighted by Gasteiger charge is 2.33. The Labute approximate surface area is 501 Å². The van der Waals surface area contributed by atoms with Crippen molar-refractivity contribution in [2.75, 3.05) is 13.1 Å². The van der Waals surface area contributed by atoms with Crippen LogP contribution in [-0.4, -0.2) is 83.7 Å². The van der Waals surface area contributed by atoms with Gasteiger partial charge in [0.05, 0.1) is 12.1 Å². The maximum Gasteiger partial charge on any atom is 0.412 e. The number of primary amides is 1. The lowest BCUT2D eigenvalue weighted by atomic mass is 9.86. The van der Waals surface area contributed by atoms with E-state index < -0.39 is 84.4 Å². The molecule has 6 aromatic rings. The van der Waals surface area contributed by atoms with Crippen molar-refractivity contribution in [2.45, 2.75) is 117 Å².